The van der Waals surface area contributed by atoms with E-state index in [2.05, 4.69) is 157 Å². The number of aryl methyl sites for hydroxylation is 2. The molecular weight excluding hydrogens is 885 g/mol. The first-order valence-corrected chi connectivity index (χ1v) is 21.5. The Morgan fingerprint density at radius 2 is 1.07 bits per heavy atom. The zero-order valence-corrected chi connectivity index (χ0v) is 38.0. The zero-order chi connectivity index (χ0) is 39.9. The van der Waals surface area contributed by atoms with E-state index in [1.807, 2.05) is 6.20 Å². The van der Waals surface area contributed by atoms with E-state index >= 15 is 0 Å². The fourth-order valence-corrected chi connectivity index (χ4v) is 8.57. The van der Waals surface area contributed by atoms with Crippen LogP contribution in [0.4, 0.5) is 0 Å². The summed E-state index contributed by atoms with van der Waals surface area (Å²) in [7, 11) is 0. The van der Waals surface area contributed by atoms with E-state index in [0.717, 1.165) is 54.2 Å². The van der Waals surface area contributed by atoms with Crippen molar-refractivity contribution in [1.82, 2.24) is 19.9 Å². The van der Waals surface area contributed by atoms with Crippen molar-refractivity contribution in [3.63, 3.8) is 0 Å². The molecule has 5 heteroatoms. The Morgan fingerprint density at radius 3 is 1.60 bits per heavy atom. The predicted molar refractivity (Wildman–Crippen MR) is 237 cm³/mol. The van der Waals surface area contributed by atoms with Gasteiger partial charge in [-0.2, -0.15) is 0 Å². The molecule has 1 radical (unpaired) electrons. The van der Waals surface area contributed by atoms with Gasteiger partial charge >= 0.3 is 0 Å². The third kappa shape index (κ3) is 10.3. The van der Waals surface area contributed by atoms with E-state index in [4.69, 9.17) is 19.9 Å². The first kappa shape index (κ1) is 43.3. The maximum atomic E-state index is 5.04. The molecule has 303 valence electrons. The molecule has 0 saturated heterocycles. The van der Waals surface area contributed by atoms with E-state index in [9.17, 15) is 0 Å². The average molecular weight is 946 g/mol. The van der Waals surface area contributed by atoms with Gasteiger partial charge in [-0.3, -0.25) is 0 Å². The van der Waals surface area contributed by atoms with Crippen molar-refractivity contribution in [1.29, 1.82) is 0 Å². The quantitative estimate of drug-likeness (QED) is 0.0717. The van der Waals surface area contributed by atoms with Gasteiger partial charge in [-0.1, -0.05) is 188 Å². The second-order valence-corrected chi connectivity index (χ2v) is 18.3. The predicted octanol–water partition coefficient (Wildman–Crippen LogP) is 13.6. The Kier molecular flexibility index (Phi) is 14.3. The van der Waals surface area contributed by atoms with Gasteiger partial charge in [-0.15, -0.1) is 29.3 Å². The van der Waals surface area contributed by atoms with Crippen molar-refractivity contribution in [2.75, 3.05) is 0 Å². The summed E-state index contributed by atoms with van der Waals surface area (Å²) in [4.78, 5) is 19.8. The van der Waals surface area contributed by atoms with Crippen LogP contribution in [0.3, 0.4) is 0 Å². The Morgan fingerprint density at radius 1 is 0.534 bits per heavy atom. The number of aromatic nitrogens is 4. The molecule has 4 nitrogen and oxygen atoms in total. The average Bonchev–Trinajstić information content (AvgIpc) is 3.49. The summed E-state index contributed by atoms with van der Waals surface area (Å²) in [5, 5.41) is 0. The zero-order valence-electron chi connectivity index (χ0n) is 35.6. The minimum atomic E-state index is -0.196. The van der Waals surface area contributed by atoms with E-state index in [0.29, 0.717) is 5.82 Å². The van der Waals surface area contributed by atoms with E-state index in [1.165, 1.54) is 84.7 Å². The standard InChI is InChI=1S/C53H61N4.Ir/c1-51(2,3)49-55-48(56-50(57-49)52(4,5)6)42-32-34-47(54-38-42)41-31-33-44-43-29-19-20-30-45(43)53(46(44)37-41,35-21-9-7-13-23-39-25-15-11-16-26-39)36-22-10-8-14-24-40-27-17-12-18-28-40;/h11-12,15-20,25-30,32-34,37-38H,7-10,13-14,21-24,35-36H2,1-6H3;/q-1;. The summed E-state index contributed by atoms with van der Waals surface area (Å²) >= 11 is 0. The SMILES string of the molecule is CC(C)(C)c1nc(-c2ccc(-c3[c-]cc4c(c3)C(CCCCCCc3ccccc3)(CCCCCCc3ccccc3)c3ccccc3-4)nc2)nc(C(C)(C)C)n1.[Ir]. The van der Waals surface area contributed by atoms with Gasteiger partial charge in [0.2, 0.25) is 0 Å². The number of fused-ring (bicyclic) bond motifs is 3. The number of pyridine rings is 1. The molecule has 0 spiro atoms. The third-order valence-electron chi connectivity index (χ3n) is 11.8. The van der Waals surface area contributed by atoms with Crippen LogP contribution >= 0.6 is 0 Å². The normalized spacial score (nSPS) is 13.1. The van der Waals surface area contributed by atoms with Crippen LogP contribution in [-0.4, -0.2) is 19.9 Å². The minimum absolute atomic E-state index is 0. The van der Waals surface area contributed by atoms with Gasteiger partial charge in [0.1, 0.15) is 11.6 Å². The van der Waals surface area contributed by atoms with Crippen LogP contribution in [0.1, 0.15) is 140 Å². The number of hydrogen-bond acceptors (Lipinski definition) is 4. The Bertz CT molecular complexity index is 2130. The van der Waals surface area contributed by atoms with Crippen LogP contribution in [-0.2, 0) is 49.2 Å². The largest absolute Gasteiger partial charge is 0.304 e. The number of rotatable bonds is 16. The molecule has 0 saturated carbocycles. The molecule has 0 aliphatic heterocycles. The number of benzene rings is 4. The van der Waals surface area contributed by atoms with E-state index < -0.39 is 0 Å². The van der Waals surface area contributed by atoms with E-state index in [1.54, 1.807) is 0 Å². The van der Waals surface area contributed by atoms with Crippen molar-refractivity contribution < 1.29 is 20.1 Å². The van der Waals surface area contributed by atoms with Crippen LogP contribution < -0.4 is 0 Å². The molecular formula is C53H61IrN4-. The molecule has 0 fully saturated rings. The molecule has 58 heavy (non-hydrogen) atoms. The monoisotopic (exact) mass is 946 g/mol. The van der Waals surface area contributed by atoms with Crippen molar-refractivity contribution >= 4 is 0 Å². The fourth-order valence-electron chi connectivity index (χ4n) is 8.57. The van der Waals surface area contributed by atoms with Crippen LogP contribution in [0.15, 0.2) is 115 Å². The summed E-state index contributed by atoms with van der Waals surface area (Å²) < 4.78 is 0. The minimum Gasteiger partial charge on any atom is -0.304 e. The second-order valence-electron chi connectivity index (χ2n) is 18.3. The molecule has 0 unspecified atom stereocenters. The summed E-state index contributed by atoms with van der Waals surface area (Å²) in [6, 6.07) is 43.7. The van der Waals surface area contributed by atoms with Crippen LogP contribution in [0.2, 0.25) is 0 Å². The Labute approximate surface area is 362 Å². The molecule has 2 heterocycles. The number of hydrogen-bond donors (Lipinski definition) is 0. The van der Waals surface area contributed by atoms with Crippen LogP contribution in [0, 0.1) is 6.07 Å². The number of nitrogens with zero attached hydrogens (tertiary/aromatic N) is 4. The maximum Gasteiger partial charge on any atom is 0.164 e. The van der Waals surface area contributed by atoms with Crippen LogP contribution in [0.25, 0.3) is 33.8 Å². The summed E-state index contributed by atoms with van der Waals surface area (Å²) in [6.07, 6.45) is 16.5. The summed E-state index contributed by atoms with van der Waals surface area (Å²) in [5.74, 6) is 2.28. The van der Waals surface area contributed by atoms with Crippen molar-refractivity contribution in [3.05, 3.63) is 155 Å². The van der Waals surface area contributed by atoms with Gasteiger partial charge in [0, 0.05) is 48.1 Å². The van der Waals surface area contributed by atoms with Gasteiger partial charge in [-0.05, 0) is 60.9 Å². The molecule has 2 aromatic heterocycles. The first-order valence-electron chi connectivity index (χ1n) is 21.5. The third-order valence-corrected chi connectivity index (χ3v) is 11.8. The topological polar surface area (TPSA) is 51.6 Å². The Hall–Kier alpha value is -4.31. The van der Waals surface area contributed by atoms with Gasteiger partial charge in [0.15, 0.2) is 5.82 Å². The molecule has 1 aliphatic rings. The molecule has 0 amide bonds. The summed E-state index contributed by atoms with van der Waals surface area (Å²) in [5.41, 5.74) is 11.0. The van der Waals surface area contributed by atoms with Gasteiger partial charge in [-0.25, -0.2) is 15.0 Å². The molecule has 6 aromatic rings. The van der Waals surface area contributed by atoms with Crippen LogP contribution in [0.5, 0.6) is 0 Å². The van der Waals surface area contributed by atoms with E-state index in [-0.39, 0.29) is 36.4 Å². The molecule has 0 atom stereocenters. The molecule has 0 bridgehead atoms. The van der Waals surface area contributed by atoms with Crippen molar-refractivity contribution in [3.8, 4) is 33.8 Å². The molecule has 7 rings (SSSR count). The fraction of sp³-hybridized carbons (Fsp3) is 0.396. The van der Waals surface area contributed by atoms with Gasteiger partial charge < -0.3 is 4.98 Å². The van der Waals surface area contributed by atoms with Gasteiger partial charge in [0.25, 0.3) is 0 Å². The van der Waals surface area contributed by atoms with Crippen molar-refractivity contribution in [2.24, 2.45) is 0 Å². The molecule has 4 aromatic carbocycles. The van der Waals surface area contributed by atoms with Crippen molar-refractivity contribution in [2.45, 2.75) is 135 Å². The smallest absolute Gasteiger partial charge is 0.164 e. The maximum absolute atomic E-state index is 5.04. The number of unbranched alkanes of at least 4 members (excludes halogenated alkanes) is 6. The summed E-state index contributed by atoms with van der Waals surface area (Å²) in [6.45, 7) is 12.9. The Balaban J connectivity index is 0.00000567. The first-order chi connectivity index (χ1) is 27.5. The van der Waals surface area contributed by atoms with Gasteiger partial charge in [0.05, 0.1) is 0 Å². The second kappa shape index (κ2) is 19.2. The molecule has 0 N–H and O–H groups in total. The molecule has 1 aliphatic carbocycles.